The van der Waals surface area contributed by atoms with Gasteiger partial charge in [0.05, 0.1) is 24.8 Å². The number of carbonyl (C=O) groups excluding carboxylic acids is 1. The maximum Gasteiger partial charge on any atom is 0.410 e. The van der Waals surface area contributed by atoms with Crippen molar-refractivity contribution in [2.45, 2.75) is 108 Å². The number of aliphatic hydroxyl groups excluding tert-OH is 2. The first-order valence-electron chi connectivity index (χ1n) is 21.0. The highest BCUT2D eigenvalue weighted by molar-refractivity contribution is 6.03. The molecule has 4 aliphatic rings. The van der Waals surface area contributed by atoms with E-state index in [9.17, 15) is 15.0 Å². The van der Waals surface area contributed by atoms with Gasteiger partial charge in [-0.15, -0.1) is 6.58 Å². The minimum atomic E-state index is -1.37. The van der Waals surface area contributed by atoms with E-state index >= 15 is 0 Å². The minimum Gasteiger partial charge on any atom is -0.490 e. The molecule has 7 atom stereocenters. The predicted molar refractivity (Wildman–Crippen MR) is 219 cm³/mol. The maximum atomic E-state index is 14.5. The molecule has 1 amide bonds. The van der Waals surface area contributed by atoms with E-state index in [2.05, 4.69) is 25.3 Å². The van der Waals surface area contributed by atoms with E-state index in [1.165, 1.54) is 0 Å². The molecule has 1 saturated carbocycles. The lowest BCUT2D eigenvalue weighted by Gasteiger charge is -2.60. The second-order valence-corrected chi connectivity index (χ2v) is 15.5. The summed E-state index contributed by atoms with van der Waals surface area (Å²) in [6.07, 6.45) is 13.3. The molecule has 2 aromatic rings. The highest BCUT2D eigenvalue weighted by atomic mass is 16.8. The van der Waals surface area contributed by atoms with Gasteiger partial charge in [0.2, 0.25) is 12.1 Å². The lowest BCUT2D eigenvalue weighted by atomic mass is 9.55. The van der Waals surface area contributed by atoms with Crippen molar-refractivity contribution in [2.24, 2.45) is 22.9 Å². The largest absolute Gasteiger partial charge is 0.490 e. The van der Waals surface area contributed by atoms with E-state index in [1.807, 2.05) is 49.4 Å². The van der Waals surface area contributed by atoms with Gasteiger partial charge in [-0.1, -0.05) is 80.1 Å². The summed E-state index contributed by atoms with van der Waals surface area (Å²) in [5.74, 6) is -0.375. The maximum absolute atomic E-state index is 14.5. The molecule has 1 unspecified atom stereocenters. The molecule has 2 fully saturated rings. The van der Waals surface area contributed by atoms with Gasteiger partial charge in [-0.25, -0.2) is 4.79 Å². The molecular weight excluding hydrogens is 725 g/mol. The molecule has 1 saturated heterocycles. The van der Waals surface area contributed by atoms with Crippen LogP contribution in [0.3, 0.4) is 0 Å². The van der Waals surface area contributed by atoms with Crippen molar-refractivity contribution in [3.05, 3.63) is 96.6 Å². The van der Waals surface area contributed by atoms with Gasteiger partial charge < -0.3 is 38.7 Å². The summed E-state index contributed by atoms with van der Waals surface area (Å²) >= 11 is 0. The van der Waals surface area contributed by atoms with Gasteiger partial charge in [0, 0.05) is 44.1 Å². The standard InChI is InChI=1S/C46H62N2O9/c1-4-23-48(45(51)54-32-33-16-8-7-9-17-33)41-31-39(47-57-42-20-12-15-28-53-42)37-29-34(18-10-13-24-49)36(19-11-14-25-50)43-38-30-35(52-26-5-2)21-22-40(38)56-46(41,44(37)43)55-27-6-3/h5-9,16-17,21-22,29-30,34,36,41-44,49-50H,2-4,10-15,18-20,23-28,31-32H2,1H3/t34-,36+,41-,42?,43+,44+,46+/m0/s1. The molecule has 310 valence electrons. The molecule has 2 aliphatic carbocycles. The van der Waals surface area contributed by atoms with Crippen molar-refractivity contribution in [1.82, 2.24) is 4.90 Å². The quantitative estimate of drug-likeness (QED) is 0.0728. The number of hydrogen-bond donors (Lipinski definition) is 2. The van der Waals surface area contributed by atoms with Crippen LogP contribution in [-0.4, -0.2) is 84.6 Å². The topological polar surface area (TPSA) is 129 Å². The summed E-state index contributed by atoms with van der Waals surface area (Å²) in [6, 6.07) is 14.9. The molecule has 0 bridgehead atoms. The average Bonchev–Trinajstić information content (AvgIpc) is 3.24. The van der Waals surface area contributed by atoms with Crippen LogP contribution in [0.5, 0.6) is 11.5 Å². The van der Waals surface area contributed by atoms with E-state index in [4.69, 9.17) is 33.7 Å². The molecule has 6 rings (SSSR count). The lowest BCUT2D eigenvalue weighted by molar-refractivity contribution is -0.255. The first kappa shape index (κ1) is 42.4. The number of allylic oxidation sites excluding steroid dienone is 1. The van der Waals surface area contributed by atoms with Crippen LogP contribution >= 0.6 is 0 Å². The fourth-order valence-corrected chi connectivity index (χ4v) is 9.23. The summed E-state index contributed by atoms with van der Waals surface area (Å²) in [5, 5.41) is 24.7. The number of carbonyl (C=O) groups is 1. The smallest absolute Gasteiger partial charge is 0.410 e. The summed E-state index contributed by atoms with van der Waals surface area (Å²) in [6.45, 7) is 11.8. The number of nitrogens with zero attached hydrogens (tertiary/aromatic N) is 2. The number of rotatable bonds is 21. The molecule has 2 aromatic carbocycles. The molecule has 0 spiro atoms. The van der Waals surface area contributed by atoms with Crippen LogP contribution in [0.4, 0.5) is 4.79 Å². The van der Waals surface area contributed by atoms with E-state index in [-0.39, 0.29) is 50.6 Å². The Morgan fingerprint density at radius 2 is 1.81 bits per heavy atom. The van der Waals surface area contributed by atoms with Gasteiger partial charge in [0.15, 0.2) is 0 Å². The van der Waals surface area contributed by atoms with Gasteiger partial charge in [-0.05, 0) is 86.1 Å². The van der Waals surface area contributed by atoms with Crippen molar-refractivity contribution in [2.75, 3.05) is 39.6 Å². The summed E-state index contributed by atoms with van der Waals surface area (Å²) in [7, 11) is 0. The van der Waals surface area contributed by atoms with Crippen LogP contribution in [0.15, 0.2) is 90.6 Å². The van der Waals surface area contributed by atoms with Crippen LogP contribution < -0.4 is 9.47 Å². The molecule has 2 aliphatic heterocycles. The van der Waals surface area contributed by atoms with E-state index < -0.39 is 30.1 Å². The van der Waals surface area contributed by atoms with Crippen LogP contribution in [0.25, 0.3) is 0 Å². The summed E-state index contributed by atoms with van der Waals surface area (Å²) < 4.78 is 32.5. The van der Waals surface area contributed by atoms with Crippen LogP contribution in [-0.2, 0) is 25.7 Å². The zero-order valence-corrected chi connectivity index (χ0v) is 33.6. The molecule has 0 radical (unpaired) electrons. The molecular formula is C46H62N2O9. The van der Waals surface area contributed by atoms with Gasteiger partial charge >= 0.3 is 6.09 Å². The van der Waals surface area contributed by atoms with Crippen LogP contribution in [0, 0.1) is 17.8 Å². The van der Waals surface area contributed by atoms with E-state index in [0.29, 0.717) is 50.5 Å². The third-order valence-electron chi connectivity index (χ3n) is 11.7. The predicted octanol–water partition coefficient (Wildman–Crippen LogP) is 8.46. The Morgan fingerprint density at radius 3 is 2.53 bits per heavy atom. The van der Waals surface area contributed by atoms with Crippen LogP contribution in [0.2, 0.25) is 0 Å². The number of oxime groups is 1. The first-order valence-corrected chi connectivity index (χ1v) is 21.0. The molecule has 57 heavy (non-hydrogen) atoms. The Morgan fingerprint density at radius 1 is 1.02 bits per heavy atom. The third-order valence-corrected chi connectivity index (χ3v) is 11.7. The van der Waals surface area contributed by atoms with E-state index in [1.54, 1.807) is 17.1 Å². The Bertz CT molecular complexity index is 1670. The highest BCUT2D eigenvalue weighted by Crippen LogP contribution is 2.62. The zero-order valence-electron chi connectivity index (χ0n) is 33.6. The van der Waals surface area contributed by atoms with E-state index in [0.717, 1.165) is 67.4 Å². The number of hydrogen-bond acceptors (Lipinski definition) is 10. The Hall–Kier alpha value is -4.16. The van der Waals surface area contributed by atoms with Crippen molar-refractivity contribution in [3.8, 4) is 11.5 Å². The summed E-state index contributed by atoms with van der Waals surface area (Å²) in [5.41, 5.74) is 3.59. The number of benzene rings is 2. The van der Waals surface area contributed by atoms with Gasteiger partial charge in [-0.3, -0.25) is 4.90 Å². The zero-order chi connectivity index (χ0) is 40.0. The molecule has 11 nitrogen and oxygen atoms in total. The van der Waals surface area contributed by atoms with Gasteiger partial charge in [-0.2, -0.15) is 0 Å². The molecule has 11 heteroatoms. The fraction of sp³-hybridized carbons (Fsp3) is 0.565. The Kier molecular flexibility index (Phi) is 15.7. The number of ether oxygens (including phenoxy) is 5. The van der Waals surface area contributed by atoms with Gasteiger partial charge in [0.25, 0.3) is 0 Å². The molecule has 2 N–H and O–H groups in total. The summed E-state index contributed by atoms with van der Waals surface area (Å²) in [4.78, 5) is 22.5. The monoisotopic (exact) mass is 786 g/mol. The lowest BCUT2D eigenvalue weighted by Crippen LogP contribution is -2.70. The minimum absolute atomic E-state index is 0.0975. The molecule has 2 heterocycles. The Balaban J connectivity index is 1.54. The average molecular weight is 787 g/mol. The second-order valence-electron chi connectivity index (χ2n) is 15.5. The van der Waals surface area contributed by atoms with Gasteiger partial charge in [0.1, 0.15) is 30.8 Å². The third kappa shape index (κ3) is 9.94. The Labute approximate surface area is 338 Å². The van der Waals surface area contributed by atoms with Crippen molar-refractivity contribution < 1.29 is 43.5 Å². The van der Waals surface area contributed by atoms with Crippen molar-refractivity contribution in [1.29, 1.82) is 0 Å². The van der Waals surface area contributed by atoms with Crippen molar-refractivity contribution >= 4 is 11.8 Å². The van der Waals surface area contributed by atoms with Crippen molar-refractivity contribution in [3.63, 3.8) is 0 Å². The highest BCUT2D eigenvalue weighted by Gasteiger charge is 2.65. The fourth-order valence-electron chi connectivity index (χ4n) is 9.23. The molecule has 0 aromatic heterocycles. The number of fused-ring (bicyclic) bond motifs is 2. The SMILES string of the molecule is C=CCOc1ccc2c(c1)[C@H]1[C@H](CCCCO)[C@@H](CCCCO)C=C3C(=NOC4CCCCO4)C[C@H](N(CCC)C(=O)OCc4ccccc4)[C@@](OCC=C)(O2)[C@H]31. The number of amides is 1. The normalized spacial score (nSPS) is 26.9. The second kappa shape index (κ2) is 21.0. The van der Waals surface area contributed by atoms with Crippen LogP contribution in [0.1, 0.15) is 94.6 Å². The number of unbranched alkanes of at least 4 members (excludes halogenated alkanes) is 2. The first-order chi connectivity index (χ1) is 28.0. The number of aliphatic hydroxyl groups is 2.